The van der Waals surface area contributed by atoms with Crippen molar-refractivity contribution in [3.63, 3.8) is 0 Å². The largest absolute Gasteiger partial charge is 0.352 e. The molecule has 0 spiro atoms. The van der Waals surface area contributed by atoms with Crippen LogP contribution in [0.15, 0.2) is 24.4 Å². The highest BCUT2D eigenvalue weighted by Gasteiger charge is 2.07. The molecule has 3 aromatic rings. The van der Waals surface area contributed by atoms with Gasteiger partial charge >= 0.3 is 0 Å². The van der Waals surface area contributed by atoms with Gasteiger partial charge in [-0.15, -0.1) is 0 Å². The van der Waals surface area contributed by atoms with E-state index in [4.69, 9.17) is 0 Å². The Morgan fingerprint density at radius 3 is 3.05 bits per heavy atom. The van der Waals surface area contributed by atoms with Crippen LogP contribution in [-0.2, 0) is 20.0 Å². The van der Waals surface area contributed by atoms with Crippen molar-refractivity contribution < 1.29 is 4.39 Å². The van der Waals surface area contributed by atoms with Gasteiger partial charge in [-0.1, -0.05) is 6.92 Å². The van der Waals surface area contributed by atoms with Crippen molar-refractivity contribution in [2.45, 2.75) is 19.9 Å². The van der Waals surface area contributed by atoms with E-state index in [1.54, 1.807) is 6.07 Å². The predicted octanol–water partition coefficient (Wildman–Crippen LogP) is 2.61. The molecule has 0 saturated heterocycles. The summed E-state index contributed by atoms with van der Waals surface area (Å²) in [6, 6.07) is 4.51. The van der Waals surface area contributed by atoms with Crippen LogP contribution in [0.25, 0.3) is 11.0 Å². The lowest BCUT2D eigenvalue weighted by atomic mass is 10.2. The fourth-order valence-electron chi connectivity index (χ4n) is 2.27. The monoisotopic (exact) mass is 273 g/mol. The van der Waals surface area contributed by atoms with E-state index in [1.807, 2.05) is 17.9 Å². The highest BCUT2D eigenvalue weighted by molar-refractivity contribution is 5.77. The standard InChI is InChI=1S/C14H16FN5/c1-3-11-9(8-20(2)19-11)7-16-14-17-12-5-4-10(15)6-13(12)18-14/h4-6,8H,3,7H2,1-2H3,(H2,16,17,18). The van der Waals surface area contributed by atoms with Crippen molar-refractivity contribution in [2.75, 3.05) is 5.32 Å². The van der Waals surface area contributed by atoms with Crippen LogP contribution in [0.2, 0.25) is 0 Å². The Morgan fingerprint density at radius 1 is 1.40 bits per heavy atom. The van der Waals surface area contributed by atoms with Gasteiger partial charge in [0.25, 0.3) is 0 Å². The predicted molar refractivity (Wildman–Crippen MR) is 76.0 cm³/mol. The van der Waals surface area contributed by atoms with E-state index in [0.717, 1.165) is 23.2 Å². The van der Waals surface area contributed by atoms with Gasteiger partial charge in [-0.05, 0) is 24.6 Å². The summed E-state index contributed by atoms with van der Waals surface area (Å²) in [7, 11) is 1.91. The molecule has 2 heterocycles. The normalized spacial score (nSPS) is 11.2. The van der Waals surface area contributed by atoms with Crippen LogP contribution in [0.1, 0.15) is 18.2 Å². The van der Waals surface area contributed by atoms with E-state index in [0.29, 0.717) is 18.0 Å². The first-order valence-corrected chi connectivity index (χ1v) is 6.56. The van der Waals surface area contributed by atoms with Crippen molar-refractivity contribution >= 4 is 17.0 Å². The lowest BCUT2D eigenvalue weighted by Crippen LogP contribution is -2.02. The van der Waals surface area contributed by atoms with E-state index in [2.05, 4.69) is 27.3 Å². The zero-order valence-corrected chi connectivity index (χ0v) is 11.4. The number of rotatable bonds is 4. The molecule has 0 atom stereocenters. The first-order chi connectivity index (χ1) is 9.65. The number of benzene rings is 1. The minimum absolute atomic E-state index is 0.270. The summed E-state index contributed by atoms with van der Waals surface area (Å²) in [5.41, 5.74) is 3.65. The molecule has 20 heavy (non-hydrogen) atoms. The number of imidazole rings is 1. The number of fused-ring (bicyclic) bond motifs is 1. The van der Waals surface area contributed by atoms with Crippen LogP contribution in [0, 0.1) is 5.82 Å². The van der Waals surface area contributed by atoms with Crippen molar-refractivity contribution in [2.24, 2.45) is 7.05 Å². The van der Waals surface area contributed by atoms with Crippen LogP contribution in [0.5, 0.6) is 0 Å². The molecule has 0 radical (unpaired) electrons. The molecular formula is C14H16FN5. The molecule has 104 valence electrons. The van der Waals surface area contributed by atoms with Crippen molar-refractivity contribution in [1.29, 1.82) is 0 Å². The van der Waals surface area contributed by atoms with Crippen molar-refractivity contribution in [3.05, 3.63) is 41.5 Å². The highest BCUT2D eigenvalue weighted by atomic mass is 19.1. The number of halogens is 1. The van der Waals surface area contributed by atoms with Crippen LogP contribution in [0.4, 0.5) is 10.3 Å². The second kappa shape index (κ2) is 4.96. The minimum atomic E-state index is -0.270. The summed E-state index contributed by atoms with van der Waals surface area (Å²) >= 11 is 0. The van der Waals surface area contributed by atoms with Gasteiger partial charge in [0.05, 0.1) is 16.7 Å². The average Bonchev–Trinajstić information content (AvgIpc) is 2.98. The van der Waals surface area contributed by atoms with Gasteiger partial charge in [-0.25, -0.2) is 9.37 Å². The summed E-state index contributed by atoms with van der Waals surface area (Å²) < 4.78 is 14.9. The number of aromatic amines is 1. The molecule has 5 nitrogen and oxygen atoms in total. The number of aryl methyl sites for hydroxylation is 2. The Morgan fingerprint density at radius 2 is 2.25 bits per heavy atom. The number of nitrogens with zero attached hydrogens (tertiary/aromatic N) is 3. The molecule has 3 rings (SSSR count). The Hall–Kier alpha value is -2.37. The average molecular weight is 273 g/mol. The summed E-state index contributed by atoms with van der Waals surface area (Å²) in [5, 5.41) is 7.61. The summed E-state index contributed by atoms with van der Waals surface area (Å²) in [5.74, 6) is 0.365. The van der Waals surface area contributed by atoms with E-state index in [1.165, 1.54) is 12.1 Å². The Bertz CT molecular complexity index is 743. The molecule has 2 N–H and O–H groups in total. The second-order valence-electron chi connectivity index (χ2n) is 4.73. The van der Waals surface area contributed by atoms with E-state index >= 15 is 0 Å². The fraction of sp³-hybridized carbons (Fsp3) is 0.286. The fourth-order valence-corrected chi connectivity index (χ4v) is 2.27. The topological polar surface area (TPSA) is 58.5 Å². The van der Waals surface area contributed by atoms with Crippen LogP contribution < -0.4 is 5.32 Å². The molecule has 0 fully saturated rings. The van der Waals surface area contributed by atoms with Crippen molar-refractivity contribution in [3.8, 4) is 0 Å². The van der Waals surface area contributed by atoms with Crippen LogP contribution >= 0.6 is 0 Å². The SMILES string of the molecule is CCc1nn(C)cc1CNc1nc2ccc(F)cc2[nH]1. The molecule has 0 aliphatic heterocycles. The van der Waals surface area contributed by atoms with Gasteiger partial charge in [0.1, 0.15) is 5.82 Å². The Labute approximate surface area is 115 Å². The highest BCUT2D eigenvalue weighted by Crippen LogP contribution is 2.16. The van der Waals surface area contributed by atoms with E-state index < -0.39 is 0 Å². The van der Waals surface area contributed by atoms with Gasteiger partial charge in [-0.3, -0.25) is 4.68 Å². The molecule has 0 bridgehead atoms. The molecule has 6 heteroatoms. The number of aromatic nitrogens is 4. The number of hydrogen-bond acceptors (Lipinski definition) is 3. The molecular weight excluding hydrogens is 257 g/mol. The van der Waals surface area contributed by atoms with Crippen LogP contribution in [-0.4, -0.2) is 19.7 Å². The third-order valence-electron chi connectivity index (χ3n) is 3.22. The summed E-state index contributed by atoms with van der Waals surface area (Å²) in [6.07, 6.45) is 2.89. The first kappa shape index (κ1) is 12.7. The minimum Gasteiger partial charge on any atom is -0.352 e. The van der Waals surface area contributed by atoms with Gasteiger partial charge in [0.2, 0.25) is 5.95 Å². The van der Waals surface area contributed by atoms with Crippen molar-refractivity contribution in [1.82, 2.24) is 19.7 Å². The summed E-state index contributed by atoms with van der Waals surface area (Å²) in [4.78, 5) is 7.43. The quantitative estimate of drug-likeness (QED) is 0.768. The van der Waals surface area contributed by atoms with Gasteiger partial charge in [0, 0.05) is 25.4 Å². The van der Waals surface area contributed by atoms with Crippen LogP contribution in [0.3, 0.4) is 0 Å². The maximum absolute atomic E-state index is 13.1. The third kappa shape index (κ3) is 2.36. The molecule has 0 aliphatic rings. The number of anilines is 1. The Balaban J connectivity index is 1.79. The maximum atomic E-state index is 13.1. The number of H-pyrrole nitrogens is 1. The molecule has 0 aliphatic carbocycles. The molecule has 0 saturated carbocycles. The zero-order valence-electron chi connectivity index (χ0n) is 11.4. The van der Waals surface area contributed by atoms with Gasteiger partial charge in [-0.2, -0.15) is 5.10 Å². The zero-order chi connectivity index (χ0) is 14.1. The smallest absolute Gasteiger partial charge is 0.201 e. The van der Waals surface area contributed by atoms with Gasteiger partial charge in [0.15, 0.2) is 0 Å². The summed E-state index contributed by atoms with van der Waals surface area (Å²) in [6.45, 7) is 2.72. The molecule has 0 amide bonds. The van der Waals surface area contributed by atoms with Gasteiger partial charge < -0.3 is 10.3 Å². The lowest BCUT2D eigenvalue weighted by Gasteiger charge is -2.01. The Kier molecular flexibility index (Phi) is 3.14. The van der Waals surface area contributed by atoms with E-state index in [9.17, 15) is 4.39 Å². The maximum Gasteiger partial charge on any atom is 0.201 e. The van der Waals surface area contributed by atoms with E-state index in [-0.39, 0.29) is 5.82 Å². The number of hydrogen-bond donors (Lipinski definition) is 2. The molecule has 1 aromatic carbocycles. The molecule has 2 aromatic heterocycles. The number of nitrogens with one attached hydrogen (secondary N) is 2. The second-order valence-corrected chi connectivity index (χ2v) is 4.73. The lowest BCUT2D eigenvalue weighted by molar-refractivity contribution is 0.629. The first-order valence-electron chi connectivity index (χ1n) is 6.56. The molecule has 0 unspecified atom stereocenters. The third-order valence-corrected chi connectivity index (χ3v) is 3.22.